The van der Waals surface area contributed by atoms with E-state index in [1.807, 2.05) is 25.3 Å². The van der Waals surface area contributed by atoms with Crippen LogP contribution in [0, 0.1) is 20.8 Å². The van der Waals surface area contributed by atoms with Crippen LogP contribution in [0.3, 0.4) is 0 Å². The van der Waals surface area contributed by atoms with Gasteiger partial charge in [0.1, 0.15) is 34.9 Å². The third-order valence-electron chi connectivity index (χ3n) is 5.06. The zero-order valence-electron chi connectivity index (χ0n) is 18.6. The fraction of sp³-hybridized carbons (Fsp3) is 0.174. The van der Waals surface area contributed by atoms with Crippen molar-refractivity contribution < 1.29 is 17.9 Å². The van der Waals surface area contributed by atoms with E-state index < -0.39 is 10.0 Å². The number of aromatic nitrogens is 4. The van der Waals surface area contributed by atoms with Gasteiger partial charge in [-0.1, -0.05) is 6.07 Å². The van der Waals surface area contributed by atoms with Crippen molar-refractivity contribution in [1.29, 1.82) is 0 Å². The van der Waals surface area contributed by atoms with E-state index in [0.717, 1.165) is 17.0 Å². The third-order valence-corrected chi connectivity index (χ3v) is 6.47. The molecule has 10 heteroatoms. The molecule has 33 heavy (non-hydrogen) atoms. The number of sulfonamides is 1. The van der Waals surface area contributed by atoms with Crippen LogP contribution in [0.15, 0.2) is 66.1 Å². The summed E-state index contributed by atoms with van der Waals surface area (Å²) in [7, 11) is -2.40. The second-order valence-corrected chi connectivity index (χ2v) is 9.04. The van der Waals surface area contributed by atoms with Crippen LogP contribution in [0.1, 0.15) is 17.0 Å². The molecule has 4 aromatic rings. The normalized spacial score (nSPS) is 11.3. The molecule has 0 aliphatic heterocycles. The van der Waals surface area contributed by atoms with Gasteiger partial charge in [-0.2, -0.15) is 0 Å². The van der Waals surface area contributed by atoms with Crippen molar-refractivity contribution in [1.82, 2.24) is 19.5 Å². The SMILES string of the molecule is COc1ccc(C)cc1S(=O)(=O)Nc1ccc(Oc2cc(-n3cnc(C)c3C)ncn2)cc1. The van der Waals surface area contributed by atoms with Gasteiger partial charge in [-0.3, -0.25) is 9.29 Å². The molecule has 0 amide bonds. The summed E-state index contributed by atoms with van der Waals surface area (Å²) < 4.78 is 41.2. The molecule has 4 rings (SSSR count). The Bertz CT molecular complexity index is 1400. The van der Waals surface area contributed by atoms with E-state index in [4.69, 9.17) is 9.47 Å². The molecule has 0 spiro atoms. The maximum atomic E-state index is 12.9. The maximum absolute atomic E-state index is 12.9. The highest BCUT2D eigenvalue weighted by molar-refractivity contribution is 7.92. The Morgan fingerprint density at radius 2 is 1.70 bits per heavy atom. The van der Waals surface area contributed by atoms with E-state index >= 15 is 0 Å². The molecular weight excluding hydrogens is 442 g/mol. The number of aryl methyl sites for hydroxylation is 2. The Labute approximate surface area is 192 Å². The molecule has 1 N–H and O–H groups in total. The van der Waals surface area contributed by atoms with Gasteiger partial charge in [-0.05, 0) is 62.7 Å². The van der Waals surface area contributed by atoms with Crippen LogP contribution >= 0.6 is 0 Å². The Balaban J connectivity index is 1.51. The minimum absolute atomic E-state index is 0.0730. The fourth-order valence-corrected chi connectivity index (χ4v) is 4.48. The summed E-state index contributed by atoms with van der Waals surface area (Å²) in [6, 6.07) is 13.2. The first-order chi connectivity index (χ1) is 15.8. The largest absolute Gasteiger partial charge is 0.495 e. The first-order valence-electron chi connectivity index (χ1n) is 10.0. The number of anilines is 1. The summed E-state index contributed by atoms with van der Waals surface area (Å²) in [4.78, 5) is 12.8. The van der Waals surface area contributed by atoms with Crippen LogP contribution in [0.4, 0.5) is 5.69 Å². The van der Waals surface area contributed by atoms with Crippen molar-refractivity contribution in [3.63, 3.8) is 0 Å². The van der Waals surface area contributed by atoms with Crippen molar-refractivity contribution in [3.8, 4) is 23.2 Å². The van der Waals surface area contributed by atoms with Crippen LogP contribution in [0.2, 0.25) is 0 Å². The summed E-state index contributed by atoms with van der Waals surface area (Å²) >= 11 is 0. The van der Waals surface area contributed by atoms with E-state index in [1.54, 1.807) is 54.9 Å². The maximum Gasteiger partial charge on any atom is 0.265 e. The van der Waals surface area contributed by atoms with Crippen molar-refractivity contribution in [2.24, 2.45) is 0 Å². The molecule has 0 fully saturated rings. The number of hydrogen-bond acceptors (Lipinski definition) is 7. The van der Waals surface area contributed by atoms with Crippen LogP contribution in [0.25, 0.3) is 5.82 Å². The average Bonchev–Trinajstić information content (AvgIpc) is 3.13. The Morgan fingerprint density at radius 3 is 2.36 bits per heavy atom. The van der Waals surface area contributed by atoms with Gasteiger partial charge in [-0.15, -0.1) is 0 Å². The molecule has 2 heterocycles. The second kappa shape index (κ2) is 8.91. The summed E-state index contributed by atoms with van der Waals surface area (Å²) in [5, 5.41) is 0. The zero-order chi connectivity index (χ0) is 23.6. The van der Waals surface area contributed by atoms with Crippen molar-refractivity contribution >= 4 is 15.7 Å². The number of nitrogens with one attached hydrogen (secondary N) is 1. The van der Waals surface area contributed by atoms with Crippen LogP contribution in [-0.2, 0) is 10.0 Å². The standard InChI is InChI=1S/C23H23N5O4S/c1-15-5-10-20(31-4)21(11-15)33(29,30)27-18-6-8-19(9-7-18)32-23-12-22(24-13-25-23)28-14-26-16(2)17(28)3/h5-14,27H,1-4H3. The molecule has 9 nitrogen and oxygen atoms in total. The van der Waals surface area contributed by atoms with Crippen molar-refractivity contribution in [2.45, 2.75) is 25.7 Å². The molecule has 0 unspecified atom stereocenters. The first-order valence-corrected chi connectivity index (χ1v) is 11.5. The lowest BCUT2D eigenvalue weighted by atomic mass is 10.2. The predicted molar refractivity (Wildman–Crippen MR) is 124 cm³/mol. The van der Waals surface area contributed by atoms with Crippen molar-refractivity contribution in [2.75, 3.05) is 11.8 Å². The number of hydrogen-bond donors (Lipinski definition) is 1. The van der Waals surface area contributed by atoms with E-state index in [0.29, 0.717) is 23.1 Å². The van der Waals surface area contributed by atoms with Gasteiger partial charge >= 0.3 is 0 Å². The van der Waals surface area contributed by atoms with Gasteiger partial charge in [0.15, 0.2) is 0 Å². The number of methoxy groups -OCH3 is 1. The molecule has 0 bridgehead atoms. The predicted octanol–water partition coefficient (Wildman–Crippen LogP) is 4.19. The average molecular weight is 466 g/mol. The highest BCUT2D eigenvalue weighted by Crippen LogP contribution is 2.28. The lowest BCUT2D eigenvalue weighted by Gasteiger charge is -2.13. The van der Waals surface area contributed by atoms with Gasteiger partial charge < -0.3 is 9.47 Å². The topological polar surface area (TPSA) is 108 Å². The minimum Gasteiger partial charge on any atom is -0.495 e. The molecule has 0 radical (unpaired) electrons. The second-order valence-electron chi connectivity index (χ2n) is 7.39. The summed E-state index contributed by atoms with van der Waals surface area (Å²) in [5.74, 6) is 1.75. The van der Waals surface area contributed by atoms with E-state index in [1.165, 1.54) is 13.4 Å². The van der Waals surface area contributed by atoms with Crippen LogP contribution in [0.5, 0.6) is 17.4 Å². The van der Waals surface area contributed by atoms with Gasteiger partial charge in [0.05, 0.1) is 12.8 Å². The molecule has 0 aliphatic rings. The molecule has 2 aromatic heterocycles. The van der Waals surface area contributed by atoms with E-state index in [-0.39, 0.29) is 10.6 Å². The first kappa shape index (κ1) is 22.3. The number of ether oxygens (including phenoxy) is 2. The minimum atomic E-state index is -3.83. The Morgan fingerprint density at radius 1 is 0.939 bits per heavy atom. The van der Waals surface area contributed by atoms with Gasteiger partial charge in [-0.25, -0.2) is 23.4 Å². The molecule has 170 valence electrons. The fourth-order valence-electron chi connectivity index (χ4n) is 3.16. The van der Waals surface area contributed by atoms with Crippen LogP contribution < -0.4 is 14.2 Å². The molecular formula is C23H23N5O4S. The van der Waals surface area contributed by atoms with Crippen LogP contribution in [-0.4, -0.2) is 35.0 Å². The highest BCUT2D eigenvalue weighted by atomic mass is 32.2. The monoisotopic (exact) mass is 465 g/mol. The number of imidazole rings is 1. The number of benzene rings is 2. The van der Waals surface area contributed by atoms with Gasteiger partial charge in [0, 0.05) is 17.4 Å². The quantitative estimate of drug-likeness (QED) is 0.436. The highest BCUT2D eigenvalue weighted by Gasteiger charge is 2.20. The summed E-state index contributed by atoms with van der Waals surface area (Å²) in [6.45, 7) is 5.70. The summed E-state index contributed by atoms with van der Waals surface area (Å²) in [6.07, 6.45) is 3.11. The number of nitrogens with zero attached hydrogens (tertiary/aromatic N) is 4. The van der Waals surface area contributed by atoms with E-state index in [9.17, 15) is 8.42 Å². The molecule has 0 aliphatic carbocycles. The third kappa shape index (κ3) is 4.80. The smallest absolute Gasteiger partial charge is 0.265 e. The van der Waals surface area contributed by atoms with Gasteiger partial charge in [0.25, 0.3) is 10.0 Å². The van der Waals surface area contributed by atoms with E-state index in [2.05, 4.69) is 19.7 Å². The van der Waals surface area contributed by atoms with Crippen molar-refractivity contribution in [3.05, 3.63) is 78.1 Å². The lowest BCUT2D eigenvalue weighted by molar-refractivity contribution is 0.402. The summed E-state index contributed by atoms with van der Waals surface area (Å²) in [5.41, 5.74) is 3.09. The molecule has 0 atom stereocenters. The molecule has 0 saturated heterocycles. The zero-order valence-corrected chi connectivity index (χ0v) is 19.4. The lowest BCUT2D eigenvalue weighted by Crippen LogP contribution is -2.14. The molecule has 2 aromatic carbocycles. The number of rotatable bonds is 7. The Hall–Kier alpha value is -3.92. The Kier molecular flexibility index (Phi) is 6.01. The van der Waals surface area contributed by atoms with Gasteiger partial charge in [0.2, 0.25) is 5.88 Å². The molecule has 0 saturated carbocycles.